The van der Waals surface area contributed by atoms with Crippen LogP contribution in [0.15, 0.2) is 48.5 Å². The smallest absolute Gasteiger partial charge is 0.115 e. The number of anilines is 1. The Morgan fingerprint density at radius 1 is 1.12 bits per heavy atom. The van der Waals surface area contributed by atoms with Crippen molar-refractivity contribution in [3.8, 4) is 5.75 Å². The van der Waals surface area contributed by atoms with Gasteiger partial charge in [-0.2, -0.15) is 0 Å². The Labute approximate surface area is 150 Å². The topological polar surface area (TPSA) is 55.7 Å². The standard InChI is InChI=1S/C21H28N2O2/c1-16(19-5-3-7-21(25)13-19)22-20-6-2-4-18(12-20)14-23-10-8-17(15-24)9-11-23/h2-7,12-13,16-17,22,24-25H,8-11,14-15H2,1H3/t16-/m0/s1. The zero-order valence-corrected chi connectivity index (χ0v) is 14.9. The number of likely N-dealkylation sites (tertiary alicyclic amines) is 1. The van der Waals surface area contributed by atoms with Gasteiger partial charge in [-0.25, -0.2) is 0 Å². The highest BCUT2D eigenvalue weighted by Gasteiger charge is 2.18. The van der Waals surface area contributed by atoms with Crippen LogP contribution in [0.3, 0.4) is 0 Å². The maximum Gasteiger partial charge on any atom is 0.115 e. The fraction of sp³-hybridized carbons (Fsp3) is 0.429. The minimum absolute atomic E-state index is 0.127. The molecule has 4 nitrogen and oxygen atoms in total. The van der Waals surface area contributed by atoms with Crippen molar-refractivity contribution < 1.29 is 10.2 Å². The van der Waals surface area contributed by atoms with Gasteiger partial charge in [0.25, 0.3) is 0 Å². The second-order valence-corrected chi connectivity index (χ2v) is 7.06. The quantitative estimate of drug-likeness (QED) is 0.749. The van der Waals surface area contributed by atoms with Crippen LogP contribution in [0.5, 0.6) is 5.75 Å². The van der Waals surface area contributed by atoms with E-state index in [2.05, 4.69) is 41.4 Å². The molecule has 0 saturated carbocycles. The number of nitrogens with zero attached hydrogens (tertiary/aromatic N) is 1. The second-order valence-electron chi connectivity index (χ2n) is 7.06. The normalized spacial score (nSPS) is 17.4. The third-order valence-corrected chi connectivity index (χ3v) is 5.05. The lowest BCUT2D eigenvalue weighted by molar-refractivity contribution is 0.127. The van der Waals surface area contributed by atoms with Crippen LogP contribution >= 0.6 is 0 Å². The Hall–Kier alpha value is -2.04. The maximum absolute atomic E-state index is 9.64. The number of aliphatic hydroxyl groups excluding tert-OH is 1. The molecular formula is C21H28N2O2. The SMILES string of the molecule is C[C@H](Nc1cccc(CN2CCC(CO)CC2)c1)c1cccc(O)c1. The molecule has 3 N–H and O–H groups in total. The third kappa shape index (κ3) is 4.97. The molecule has 134 valence electrons. The van der Waals surface area contributed by atoms with E-state index in [1.165, 1.54) is 5.56 Å². The fourth-order valence-corrected chi connectivity index (χ4v) is 3.47. The first-order valence-corrected chi connectivity index (χ1v) is 9.11. The first-order valence-electron chi connectivity index (χ1n) is 9.11. The molecule has 3 rings (SSSR count). The van der Waals surface area contributed by atoms with Crippen LogP contribution in [0.1, 0.15) is 36.9 Å². The van der Waals surface area contributed by atoms with Gasteiger partial charge in [0.15, 0.2) is 0 Å². The highest BCUT2D eigenvalue weighted by Crippen LogP contribution is 2.24. The van der Waals surface area contributed by atoms with Gasteiger partial charge < -0.3 is 15.5 Å². The van der Waals surface area contributed by atoms with Crippen molar-refractivity contribution in [3.63, 3.8) is 0 Å². The van der Waals surface area contributed by atoms with E-state index >= 15 is 0 Å². The number of phenolic OH excluding ortho intramolecular Hbond substituents is 1. The molecule has 0 aliphatic carbocycles. The number of hydrogen-bond donors (Lipinski definition) is 3. The molecule has 0 aromatic heterocycles. The summed E-state index contributed by atoms with van der Waals surface area (Å²) < 4.78 is 0. The van der Waals surface area contributed by atoms with Crippen molar-refractivity contribution in [2.24, 2.45) is 5.92 Å². The molecule has 0 radical (unpaired) electrons. The predicted octanol–water partition coefficient (Wildman–Crippen LogP) is 3.77. The minimum atomic E-state index is 0.127. The summed E-state index contributed by atoms with van der Waals surface area (Å²) >= 11 is 0. The first kappa shape index (κ1) is 17.8. The second kappa shape index (κ2) is 8.37. The van der Waals surface area contributed by atoms with Gasteiger partial charge in [0.1, 0.15) is 5.75 Å². The van der Waals surface area contributed by atoms with E-state index in [0.717, 1.165) is 43.7 Å². The predicted molar refractivity (Wildman–Crippen MR) is 102 cm³/mol. The Morgan fingerprint density at radius 3 is 2.60 bits per heavy atom. The zero-order chi connectivity index (χ0) is 17.6. The van der Waals surface area contributed by atoms with Crippen molar-refractivity contribution in [1.82, 2.24) is 4.90 Å². The molecule has 0 unspecified atom stereocenters. The molecule has 0 amide bonds. The summed E-state index contributed by atoms with van der Waals surface area (Å²) in [6.07, 6.45) is 2.17. The lowest BCUT2D eigenvalue weighted by Crippen LogP contribution is -2.34. The molecule has 0 bridgehead atoms. The van der Waals surface area contributed by atoms with Crippen LogP contribution in [0.4, 0.5) is 5.69 Å². The van der Waals surface area contributed by atoms with Gasteiger partial charge in [-0.05, 0) is 74.2 Å². The Kier molecular flexibility index (Phi) is 5.95. The van der Waals surface area contributed by atoms with E-state index in [1.54, 1.807) is 12.1 Å². The first-order chi connectivity index (χ1) is 12.1. The molecule has 25 heavy (non-hydrogen) atoms. The van der Waals surface area contributed by atoms with Gasteiger partial charge in [0.05, 0.1) is 0 Å². The Balaban J connectivity index is 1.60. The number of nitrogens with one attached hydrogen (secondary N) is 1. The molecule has 1 atom stereocenters. The van der Waals surface area contributed by atoms with Crippen LogP contribution in [0.25, 0.3) is 0 Å². The van der Waals surface area contributed by atoms with E-state index in [1.807, 2.05) is 12.1 Å². The third-order valence-electron chi connectivity index (χ3n) is 5.05. The van der Waals surface area contributed by atoms with Crippen LogP contribution in [0, 0.1) is 5.92 Å². The van der Waals surface area contributed by atoms with Crippen molar-refractivity contribution >= 4 is 5.69 Å². The number of benzene rings is 2. The minimum Gasteiger partial charge on any atom is -0.508 e. The molecular weight excluding hydrogens is 312 g/mol. The molecule has 1 saturated heterocycles. The largest absolute Gasteiger partial charge is 0.508 e. The molecule has 2 aromatic rings. The van der Waals surface area contributed by atoms with Crippen molar-refractivity contribution in [3.05, 3.63) is 59.7 Å². The average Bonchev–Trinajstić information content (AvgIpc) is 2.63. The molecule has 1 aliphatic rings. The van der Waals surface area contributed by atoms with E-state index in [0.29, 0.717) is 18.3 Å². The summed E-state index contributed by atoms with van der Waals surface area (Å²) in [4.78, 5) is 2.46. The number of rotatable bonds is 6. The number of hydrogen-bond acceptors (Lipinski definition) is 4. The molecule has 1 heterocycles. The van der Waals surface area contributed by atoms with Gasteiger partial charge in [-0.3, -0.25) is 4.90 Å². The summed E-state index contributed by atoms with van der Waals surface area (Å²) in [5, 5.41) is 22.4. The summed E-state index contributed by atoms with van der Waals surface area (Å²) in [5.74, 6) is 0.776. The van der Waals surface area contributed by atoms with E-state index in [9.17, 15) is 10.2 Å². The number of aliphatic hydroxyl groups is 1. The van der Waals surface area contributed by atoms with Crippen molar-refractivity contribution in [2.45, 2.75) is 32.4 Å². The lowest BCUT2D eigenvalue weighted by atomic mass is 9.97. The van der Waals surface area contributed by atoms with E-state index < -0.39 is 0 Å². The fourth-order valence-electron chi connectivity index (χ4n) is 3.47. The van der Waals surface area contributed by atoms with Crippen LogP contribution in [0.2, 0.25) is 0 Å². The van der Waals surface area contributed by atoms with Crippen molar-refractivity contribution in [1.29, 1.82) is 0 Å². The van der Waals surface area contributed by atoms with Crippen LogP contribution < -0.4 is 5.32 Å². The van der Waals surface area contributed by atoms with Crippen molar-refractivity contribution in [2.75, 3.05) is 25.0 Å². The van der Waals surface area contributed by atoms with E-state index in [4.69, 9.17) is 0 Å². The van der Waals surface area contributed by atoms with Gasteiger partial charge in [0, 0.05) is 24.9 Å². The zero-order valence-electron chi connectivity index (χ0n) is 14.9. The molecule has 1 fully saturated rings. The number of piperidine rings is 1. The number of phenols is 1. The molecule has 0 spiro atoms. The Morgan fingerprint density at radius 2 is 1.88 bits per heavy atom. The molecule has 4 heteroatoms. The monoisotopic (exact) mass is 340 g/mol. The van der Waals surface area contributed by atoms with E-state index in [-0.39, 0.29) is 6.04 Å². The summed E-state index contributed by atoms with van der Waals surface area (Å²) in [7, 11) is 0. The van der Waals surface area contributed by atoms with Crippen LogP contribution in [-0.4, -0.2) is 34.8 Å². The van der Waals surface area contributed by atoms with Gasteiger partial charge >= 0.3 is 0 Å². The van der Waals surface area contributed by atoms with Crippen LogP contribution in [-0.2, 0) is 6.54 Å². The lowest BCUT2D eigenvalue weighted by Gasteiger charge is -2.31. The molecule has 2 aromatic carbocycles. The maximum atomic E-state index is 9.64. The highest BCUT2D eigenvalue weighted by atomic mass is 16.3. The summed E-state index contributed by atoms with van der Waals surface area (Å²) in [5.41, 5.74) is 3.46. The van der Waals surface area contributed by atoms with Gasteiger partial charge in [0.2, 0.25) is 0 Å². The Bertz CT molecular complexity index is 681. The highest BCUT2D eigenvalue weighted by molar-refractivity contribution is 5.48. The average molecular weight is 340 g/mol. The van der Waals surface area contributed by atoms with Gasteiger partial charge in [-0.15, -0.1) is 0 Å². The summed E-state index contributed by atoms with van der Waals surface area (Å²) in [6.45, 7) is 5.49. The van der Waals surface area contributed by atoms with Gasteiger partial charge in [-0.1, -0.05) is 24.3 Å². The summed E-state index contributed by atoms with van der Waals surface area (Å²) in [6, 6.07) is 16.1. The molecule has 1 aliphatic heterocycles. The number of aromatic hydroxyl groups is 1.